The lowest BCUT2D eigenvalue weighted by Gasteiger charge is -2.08. The Labute approximate surface area is 109 Å². The summed E-state index contributed by atoms with van der Waals surface area (Å²) in [5, 5.41) is 1.21. The number of anilines is 1. The summed E-state index contributed by atoms with van der Waals surface area (Å²) in [5.41, 5.74) is 8.30. The third-order valence-corrected chi connectivity index (χ3v) is 3.45. The number of hydrogen-bond acceptors (Lipinski definition) is 1. The summed E-state index contributed by atoms with van der Waals surface area (Å²) in [6.45, 7) is 0. The highest BCUT2D eigenvalue weighted by atomic mass is 35.5. The van der Waals surface area contributed by atoms with Gasteiger partial charge in [-0.1, -0.05) is 53.0 Å². The first-order valence-electron chi connectivity index (χ1n) is 4.59. The molecule has 0 saturated carbocycles. The largest absolute Gasteiger partial charge is 0.398 e. The molecule has 0 bridgehead atoms. The Kier molecular flexibility index (Phi) is 3.29. The van der Waals surface area contributed by atoms with E-state index in [0.717, 1.165) is 11.1 Å². The van der Waals surface area contributed by atoms with Crippen molar-refractivity contribution in [3.05, 3.63) is 51.5 Å². The molecule has 82 valence electrons. The Hall–Kier alpha value is -0.890. The summed E-state index contributed by atoms with van der Waals surface area (Å²) in [7, 11) is 0. The standard InChI is InChI=1S/C12H8Cl3N/c13-9-5-7(6-10(14)12(9)15)8-3-1-2-4-11(8)16/h1-6H,16H2. The van der Waals surface area contributed by atoms with Gasteiger partial charge in [-0.05, 0) is 23.8 Å². The van der Waals surface area contributed by atoms with Gasteiger partial charge in [-0.3, -0.25) is 0 Å². The zero-order valence-corrected chi connectivity index (χ0v) is 10.4. The minimum absolute atomic E-state index is 0.363. The monoisotopic (exact) mass is 271 g/mol. The van der Waals surface area contributed by atoms with Gasteiger partial charge in [0.05, 0.1) is 15.1 Å². The first-order valence-corrected chi connectivity index (χ1v) is 5.72. The summed E-state index contributed by atoms with van der Waals surface area (Å²) in [4.78, 5) is 0. The summed E-state index contributed by atoms with van der Waals surface area (Å²) in [6, 6.07) is 11.0. The third kappa shape index (κ3) is 2.12. The van der Waals surface area contributed by atoms with Crippen LogP contribution in [0, 0.1) is 0 Å². The van der Waals surface area contributed by atoms with Crippen LogP contribution in [-0.2, 0) is 0 Å². The fourth-order valence-electron chi connectivity index (χ4n) is 1.47. The number of nitrogens with two attached hydrogens (primary N) is 1. The molecule has 0 aliphatic heterocycles. The molecule has 0 unspecified atom stereocenters. The van der Waals surface area contributed by atoms with E-state index in [1.165, 1.54) is 0 Å². The minimum Gasteiger partial charge on any atom is -0.398 e. The highest BCUT2D eigenvalue weighted by Crippen LogP contribution is 2.36. The van der Waals surface area contributed by atoms with Gasteiger partial charge in [0.2, 0.25) is 0 Å². The molecule has 16 heavy (non-hydrogen) atoms. The zero-order valence-electron chi connectivity index (χ0n) is 8.18. The number of rotatable bonds is 1. The fraction of sp³-hybridized carbons (Fsp3) is 0. The zero-order chi connectivity index (χ0) is 11.7. The van der Waals surface area contributed by atoms with Crippen LogP contribution in [0.2, 0.25) is 15.1 Å². The lowest BCUT2D eigenvalue weighted by atomic mass is 10.0. The average molecular weight is 273 g/mol. The molecule has 0 aliphatic rings. The van der Waals surface area contributed by atoms with E-state index in [-0.39, 0.29) is 0 Å². The predicted octanol–water partition coefficient (Wildman–Crippen LogP) is 4.90. The molecule has 0 aromatic heterocycles. The van der Waals surface area contributed by atoms with E-state index in [1.54, 1.807) is 12.1 Å². The molecule has 2 N–H and O–H groups in total. The molecule has 0 aliphatic carbocycles. The summed E-state index contributed by atoms with van der Waals surface area (Å²) in [5.74, 6) is 0. The molecule has 0 heterocycles. The molecule has 2 aromatic carbocycles. The average Bonchev–Trinajstić information content (AvgIpc) is 2.26. The van der Waals surface area contributed by atoms with Crippen molar-refractivity contribution in [2.45, 2.75) is 0 Å². The Balaban J connectivity index is 2.62. The Morgan fingerprint density at radius 2 is 1.44 bits per heavy atom. The van der Waals surface area contributed by atoms with E-state index in [1.807, 2.05) is 24.3 Å². The maximum atomic E-state index is 5.96. The van der Waals surface area contributed by atoms with Gasteiger partial charge in [-0.15, -0.1) is 0 Å². The van der Waals surface area contributed by atoms with E-state index in [9.17, 15) is 0 Å². The lowest BCUT2D eigenvalue weighted by Crippen LogP contribution is -1.89. The maximum Gasteiger partial charge on any atom is 0.0778 e. The molecule has 2 aromatic rings. The quantitative estimate of drug-likeness (QED) is 0.580. The van der Waals surface area contributed by atoms with Crippen molar-refractivity contribution < 1.29 is 0 Å². The SMILES string of the molecule is Nc1ccccc1-c1cc(Cl)c(Cl)c(Cl)c1. The molecule has 0 saturated heterocycles. The molecule has 0 amide bonds. The second kappa shape index (κ2) is 4.54. The van der Waals surface area contributed by atoms with E-state index in [2.05, 4.69) is 0 Å². The molecular formula is C12H8Cl3N. The molecule has 2 rings (SSSR count). The van der Waals surface area contributed by atoms with Crippen molar-refractivity contribution in [3.8, 4) is 11.1 Å². The van der Waals surface area contributed by atoms with Gasteiger partial charge in [0.25, 0.3) is 0 Å². The highest BCUT2D eigenvalue weighted by Gasteiger charge is 2.08. The topological polar surface area (TPSA) is 26.0 Å². The molecule has 0 radical (unpaired) electrons. The second-order valence-corrected chi connectivity index (χ2v) is 4.53. The molecular weight excluding hydrogens is 264 g/mol. The first-order chi connectivity index (χ1) is 7.59. The van der Waals surface area contributed by atoms with Crippen molar-refractivity contribution in [1.82, 2.24) is 0 Å². The number of hydrogen-bond donors (Lipinski definition) is 1. The van der Waals surface area contributed by atoms with Crippen molar-refractivity contribution in [2.75, 3.05) is 5.73 Å². The van der Waals surface area contributed by atoms with Gasteiger partial charge in [0.15, 0.2) is 0 Å². The fourth-order valence-corrected chi connectivity index (χ4v) is 2.07. The third-order valence-electron chi connectivity index (χ3n) is 2.26. The molecule has 1 nitrogen and oxygen atoms in total. The van der Waals surface area contributed by atoms with E-state index < -0.39 is 0 Å². The second-order valence-electron chi connectivity index (χ2n) is 3.34. The van der Waals surface area contributed by atoms with Gasteiger partial charge in [0, 0.05) is 11.3 Å². The Bertz CT molecular complexity index is 515. The first kappa shape index (κ1) is 11.6. The highest BCUT2D eigenvalue weighted by molar-refractivity contribution is 6.48. The summed E-state index contributed by atoms with van der Waals surface area (Å²) >= 11 is 17.8. The maximum absolute atomic E-state index is 5.96. The minimum atomic E-state index is 0.363. The van der Waals surface area contributed by atoms with Gasteiger partial charge in [0.1, 0.15) is 0 Å². The van der Waals surface area contributed by atoms with Crippen LogP contribution in [0.3, 0.4) is 0 Å². The smallest absolute Gasteiger partial charge is 0.0778 e. The van der Waals surface area contributed by atoms with E-state index in [0.29, 0.717) is 20.8 Å². The number of halogens is 3. The number of nitrogen functional groups attached to an aromatic ring is 1. The summed E-state index contributed by atoms with van der Waals surface area (Å²) in [6.07, 6.45) is 0. The van der Waals surface area contributed by atoms with Crippen LogP contribution < -0.4 is 5.73 Å². The van der Waals surface area contributed by atoms with Crippen LogP contribution >= 0.6 is 34.8 Å². The predicted molar refractivity (Wildman–Crippen MR) is 71.3 cm³/mol. The van der Waals surface area contributed by atoms with Gasteiger partial charge >= 0.3 is 0 Å². The van der Waals surface area contributed by atoms with Crippen molar-refractivity contribution >= 4 is 40.5 Å². The number of benzene rings is 2. The van der Waals surface area contributed by atoms with Gasteiger partial charge < -0.3 is 5.73 Å². The van der Waals surface area contributed by atoms with E-state index in [4.69, 9.17) is 40.5 Å². The van der Waals surface area contributed by atoms with Crippen LogP contribution in [0.1, 0.15) is 0 Å². The lowest BCUT2D eigenvalue weighted by molar-refractivity contribution is 1.61. The van der Waals surface area contributed by atoms with Crippen molar-refractivity contribution in [1.29, 1.82) is 0 Å². The Morgan fingerprint density at radius 3 is 2.00 bits per heavy atom. The van der Waals surface area contributed by atoms with Crippen LogP contribution in [0.4, 0.5) is 5.69 Å². The molecule has 0 fully saturated rings. The normalized spacial score (nSPS) is 10.4. The van der Waals surface area contributed by atoms with Crippen molar-refractivity contribution in [3.63, 3.8) is 0 Å². The van der Waals surface area contributed by atoms with Crippen LogP contribution in [0.25, 0.3) is 11.1 Å². The van der Waals surface area contributed by atoms with Gasteiger partial charge in [-0.2, -0.15) is 0 Å². The van der Waals surface area contributed by atoms with Crippen LogP contribution in [-0.4, -0.2) is 0 Å². The van der Waals surface area contributed by atoms with E-state index >= 15 is 0 Å². The van der Waals surface area contributed by atoms with Gasteiger partial charge in [-0.25, -0.2) is 0 Å². The van der Waals surface area contributed by atoms with Crippen LogP contribution in [0.15, 0.2) is 36.4 Å². The number of para-hydroxylation sites is 1. The summed E-state index contributed by atoms with van der Waals surface area (Å²) < 4.78 is 0. The molecule has 4 heteroatoms. The molecule has 0 spiro atoms. The van der Waals surface area contributed by atoms with Crippen molar-refractivity contribution in [2.24, 2.45) is 0 Å². The molecule has 0 atom stereocenters. The Morgan fingerprint density at radius 1 is 0.875 bits per heavy atom. The van der Waals surface area contributed by atoms with Crippen LogP contribution in [0.5, 0.6) is 0 Å².